The lowest BCUT2D eigenvalue weighted by Gasteiger charge is -2.30. The van der Waals surface area contributed by atoms with Crippen LogP contribution >= 0.6 is 0 Å². The monoisotopic (exact) mass is 433 g/mol. The van der Waals surface area contributed by atoms with Crippen LogP contribution in [0.2, 0.25) is 0 Å². The molecule has 1 aromatic heterocycles. The average molecular weight is 433 g/mol. The van der Waals surface area contributed by atoms with Gasteiger partial charge in [0, 0.05) is 0 Å². The van der Waals surface area contributed by atoms with Crippen molar-refractivity contribution in [3.8, 4) is 0 Å². The number of carboxylic acid groups (broad SMARTS) is 1. The van der Waals surface area contributed by atoms with Crippen molar-refractivity contribution in [2.24, 2.45) is 16.6 Å². The van der Waals surface area contributed by atoms with Gasteiger partial charge in [0.2, 0.25) is 0 Å². The van der Waals surface area contributed by atoms with Crippen LogP contribution in [-0.4, -0.2) is 72.3 Å². The smallest absolute Gasteiger partial charge is 0.433 e. The van der Waals surface area contributed by atoms with E-state index in [2.05, 4.69) is 5.10 Å². The van der Waals surface area contributed by atoms with E-state index in [1.165, 1.54) is 18.3 Å². The van der Waals surface area contributed by atoms with Crippen LogP contribution in [0.4, 0.5) is 5.88 Å². The van der Waals surface area contributed by atoms with Gasteiger partial charge in [0.15, 0.2) is 15.6 Å². The molecule has 0 radical (unpaired) electrons. The van der Waals surface area contributed by atoms with Crippen LogP contribution in [0.15, 0.2) is 21.7 Å². The van der Waals surface area contributed by atoms with Gasteiger partial charge >= 0.3 is 11.9 Å². The third-order valence-corrected chi connectivity index (χ3v) is 5.84. The maximum atomic E-state index is 11.4. The van der Waals surface area contributed by atoms with Gasteiger partial charge in [-0.25, -0.2) is 8.42 Å². The number of carboxylic acids is 1. The molecule has 1 saturated heterocycles. The van der Waals surface area contributed by atoms with Crippen LogP contribution in [0, 0.1) is 10.1 Å². The minimum atomic E-state index is -2.98. The van der Waals surface area contributed by atoms with Crippen LogP contribution in [0.1, 0.15) is 31.9 Å². The van der Waals surface area contributed by atoms with Crippen molar-refractivity contribution >= 4 is 27.9 Å². The molecule has 2 atom stereocenters. The fraction of sp³-hybridized carbons (Fsp3) is 0.625. The number of unbranched alkanes of at least 4 members (excludes halogenated alkanes) is 1. The predicted molar refractivity (Wildman–Crippen MR) is 106 cm³/mol. The van der Waals surface area contributed by atoms with Crippen LogP contribution in [-0.2, 0) is 14.6 Å². The molecule has 12 nitrogen and oxygen atoms in total. The van der Waals surface area contributed by atoms with E-state index in [0.29, 0.717) is 19.5 Å². The Morgan fingerprint density at radius 1 is 1.52 bits per heavy atom. The summed E-state index contributed by atoms with van der Waals surface area (Å²) in [7, 11) is -2.98. The molecular formula is C16H27N5O7S. The standard InChI is InChI=1S/C10H13N3O5S.C6H14N2O2/c1-8-7-19(16,17)5-4-12(8)11-6-9-2-3-10(18-9)13(14)15;7-4-2-1-3-5(8)6(9)10/h2-3,6,8H,4-5,7H2,1H3;5H,1-4,7-8H2,(H,9,10). The summed E-state index contributed by atoms with van der Waals surface area (Å²) in [4.78, 5) is 19.9. The van der Waals surface area contributed by atoms with Gasteiger partial charge in [-0.05, 0) is 32.4 Å². The van der Waals surface area contributed by atoms with Crippen LogP contribution < -0.4 is 11.5 Å². The molecule has 1 aromatic rings. The molecule has 1 aliphatic rings. The number of hydrogen-bond donors (Lipinski definition) is 3. The molecule has 0 saturated carbocycles. The molecule has 1 fully saturated rings. The van der Waals surface area contributed by atoms with Crippen molar-refractivity contribution in [1.82, 2.24) is 5.01 Å². The van der Waals surface area contributed by atoms with Gasteiger partial charge < -0.3 is 21.0 Å². The Hall–Kier alpha value is -2.51. The lowest BCUT2D eigenvalue weighted by molar-refractivity contribution is -0.402. The largest absolute Gasteiger partial charge is 0.480 e. The number of carbonyl (C=O) groups is 1. The molecule has 0 bridgehead atoms. The molecule has 1 aliphatic heterocycles. The van der Waals surface area contributed by atoms with Crippen molar-refractivity contribution in [2.45, 2.75) is 38.3 Å². The second-order valence-electron chi connectivity index (χ2n) is 6.53. The Bertz CT molecular complexity index is 808. The molecule has 2 heterocycles. The normalized spacial score (nSPS) is 19.4. The number of sulfone groups is 1. The quantitative estimate of drug-likeness (QED) is 0.220. The zero-order valence-electron chi connectivity index (χ0n) is 16.1. The fourth-order valence-electron chi connectivity index (χ4n) is 2.43. The van der Waals surface area contributed by atoms with E-state index in [1.807, 2.05) is 0 Å². The number of hydrazone groups is 1. The fourth-order valence-corrected chi connectivity index (χ4v) is 3.97. The number of furan rings is 1. The number of aliphatic carboxylic acids is 1. The maximum absolute atomic E-state index is 11.4. The second kappa shape index (κ2) is 11.5. The molecule has 2 rings (SSSR count). The zero-order valence-corrected chi connectivity index (χ0v) is 17.0. The van der Waals surface area contributed by atoms with E-state index in [4.69, 9.17) is 21.0 Å². The first kappa shape index (κ1) is 24.5. The summed E-state index contributed by atoms with van der Waals surface area (Å²) >= 11 is 0. The van der Waals surface area contributed by atoms with Gasteiger partial charge in [-0.3, -0.25) is 19.9 Å². The van der Waals surface area contributed by atoms with E-state index in [-0.39, 0.29) is 29.2 Å². The van der Waals surface area contributed by atoms with E-state index in [9.17, 15) is 23.3 Å². The van der Waals surface area contributed by atoms with Gasteiger partial charge in [-0.1, -0.05) is 6.42 Å². The molecule has 29 heavy (non-hydrogen) atoms. The summed E-state index contributed by atoms with van der Waals surface area (Å²) in [6, 6.07) is 1.74. The Morgan fingerprint density at radius 3 is 2.72 bits per heavy atom. The van der Waals surface area contributed by atoms with Gasteiger partial charge in [0.05, 0.1) is 36.4 Å². The summed E-state index contributed by atoms with van der Waals surface area (Å²) in [5.41, 5.74) is 10.4. The molecule has 0 spiro atoms. The third kappa shape index (κ3) is 9.02. The minimum absolute atomic E-state index is 0.0582. The van der Waals surface area contributed by atoms with Gasteiger partial charge in [-0.2, -0.15) is 5.10 Å². The molecule has 2 unspecified atom stereocenters. The van der Waals surface area contributed by atoms with E-state index in [0.717, 1.165) is 12.8 Å². The lowest BCUT2D eigenvalue weighted by atomic mass is 10.1. The molecule has 164 valence electrons. The molecule has 13 heteroatoms. The Kier molecular flexibility index (Phi) is 9.71. The van der Waals surface area contributed by atoms with Crippen molar-refractivity contribution < 1.29 is 27.7 Å². The molecule has 5 N–H and O–H groups in total. The number of nitrogens with two attached hydrogens (primary N) is 2. The average Bonchev–Trinajstić information content (AvgIpc) is 3.10. The maximum Gasteiger partial charge on any atom is 0.433 e. The third-order valence-electron chi connectivity index (χ3n) is 4.05. The Balaban J connectivity index is 0.000000359. The second-order valence-corrected chi connectivity index (χ2v) is 8.76. The molecule has 0 aliphatic carbocycles. The van der Waals surface area contributed by atoms with Crippen molar-refractivity contribution in [3.05, 3.63) is 28.0 Å². The van der Waals surface area contributed by atoms with Crippen LogP contribution in [0.25, 0.3) is 0 Å². The lowest BCUT2D eigenvalue weighted by Crippen LogP contribution is -2.43. The van der Waals surface area contributed by atoms with E-state index < -0.39 is 26.8 Å². The first-order chi connectivity index (χ1) is 13.6. The van der Waals surface area contributed by atoms with Gasteiger partial charge in [0.25, 0.3) is 0 Å². The van der Waals surface area contributed by atoms with Crippen molar-refractivity contribution in [3.63, 3.8) is 0 Å². The van der Waals surface area contributed by atoms with Crippen molar-refractivity contribution in [1.29, 1.82) is 0 Å². The topological polar surface area (TPSA) is 195 Å². The van der Waals surface area contributed by atoms with Crippen LogP contribution in [0.5, 0.6) is 0 Å². The highest BCUT2D eigenvalue weighted by atomic mass is 32.2. The number of nitrogens with zero attached hydrogens (tertiary/aromatic N) is 3. The molecule has 0 amide bonds. The summed E-state index contributed by atoms with van der Waals surface area (Å²) < 4.78 is 27.7. The Labute approximate surface area is 168 Å². The van der Waals surface area contributed by atoms with Crippen molar-refractivity contribution in [2.75, 3.05) is 24.6 Å². The molecule has 0 aromatic carbocycles. The minimum Gasteiger partial charge on any atom is -0.480 e. The van der Waals surface area contributed by atoms with E-state index >= 15 is 0 Å². The van der Waals surface area contributed by atoms with E-state index in [1.54, 1.807) is 11.9 Å². The van der Waals surface area contributed by atoms with Gasteiger partial charge in [-0.15, -0.1) is 0 Å². The SMILES string of the molecule is CC1CS(=O)(=O)CCN1N=Cc1ccc([N+](=O)[O-])o1.NCCCCC(N)C(=O)O. The first-order valence-corrected chi connectivity index (χ1v) is 10.8. The highest BCUT2D eigenvalue weighted by molar-refractivity contribution is 7.91. The van der Waals surface area contributed by atoms with Crippen LogP contribution in [0.3, 0.4) is 0 Å². The Morgan fingerprint density at radius 2 is 2.21 bits per heavy atom. The highest BCUT2D eigenvalue weighted by Crippen LogP contribution is 2.15. The summed E-state index contributed by atoms with van der Waals surface area (Å²) in [5, 5.41) is 24.5. The predicted octanol–water partition coefficient (Wildman–Crippen LogP) is 0.168. The summed E-state index contributed by atoms with van der Waals surface area (Å²) in [5.74, 6) is -0.907. The summed E-state index contributed by atoms with van der Waals surface area (Å²) in [6.07, 6.45) is 3.51. The first-order valence-electron chi connectivity index (χ1n) is 8.99. The number of hydrogen-bond acceptors (Lipinski definition) is 10. The number of rotatable bonds is 8. The highest BCUT2D eigenvalue weighted by Gasteiger charge is 2.27. The summed E-state index contributed by atoms with van der Waals surface area (Å²) in [6.45, 7) is 2.67. The van der Waals surface area contributed by atoms with Gasteiger partial charge in [0.1, 0.15) is 11.0 Å². The molecular weight excluding hydrogens is 406 g/mol. The number of nitro groups is 1. The zero-order chi connectivity index (χ0) is 22.0.